The number of nitrogens with zero attached hydrogens (tertiary/aromatic N) is 1. The maximum absolute atomic E-state index is 12.4. The molecule has 1 saturated heterocycles. The zero-order valence-corrected chi connectivity index (χ0v) is 12.4. The molecule has 1 fully saturated rings. The average Bonchev–Trinajstić information content (AvgIpc) is 2.75. The molecule has 0 aliphatic carbocycles. The molecule has 6 heteroatoms. The monoisotopic (exact) mass is 293 g/mol. The number of ether oxygens (including phenoxy) is 3. The molecule has 114 valence electrons. The third kappa shape index (κ3) is 2.58. The average molecular weight is 293 g/mol. The van der Waals surface area contributed by atoms with Crippen molar-refractivity contribution in [2.24, 2.45) is 0 Å². The molecule has 0 N–H and O–H groups in total. The van der Waals surface area contributed by atoms with E-state index < -0.39 is 23.7 Å². The minimum atomic E-state index is -1.26. The number of amides is 1. The normalized spacial score (nSPS) is 24.8. The van der Waals surface area contributed by atoms with Crippen molar-refractivity contribution in [2.75, 3.05) is 20.4 Å². The largest absolute Gasteiger partial charge is 0.464 e. The van der Waals surface area contributed by atoms with Crippen molar-refractivity contribution in [3.63, 3.8) is 0 Å². The summed E-state index contributed by atoms with van der Waals surface area (Å²) in [5, 5.41) is 0. The fourth-order valence-corrected chi connectivity index (χ4v) is 2.44. The molecule has 1 aromatic rings. The molecule has 21 heavy (non-hydrogen) atoms. The predicted molar refractivity (Wildman–Crippen MR) is 74.4 cm³/mol. The SMILES string of the molecule is CCOC(=O)[C@]1(C)[C@H](c2ccccc2)OC(=O)N1COC. The molecular formula is C15H19NO5. The lowest BCUT2D eigenvalue weighted by atomic mass is 9.89. The molecule has 6 nitrogen and oxygen atoms in total. The van der Waals surface area contributed by atoms with E-state index in [2.05, 4.69) is 0 Å². The molecule has 0 unspecified atom stereocenters. The highest BCUT2D eigenvalue weighted by Gasteiger charge is 2.58. The number of cyclic esters (lactones) is 1. The van der Waals surface area contributed by atoms with Crippen molar-refractivity contribution >= 4 is 12.1 Å². The van der Waals surface area contributed by atoms with E-state index in [4.69, 9.17) is 14.2 Å². The maximum atomic E-state index is 12.4. The third-order valence-electron chi connectivity index (χ3n) is 3.56. The van der Waals surface area contributed by atoms with E-state index in [9.17, 15) is 9.59 Å². The van der Waals surface area contributed by atoms with E-state index in [-0.39, 0.29) is 13.3 Å². The van der Waals surface area contributed by atoms with E-state index >= 15 is 0 Å². The van der Waals surface area contributed by atoms with Crippen LogP contribution in [0.15, 0.2) is 30.3 Å². The summed E-state index contributed by atoms with van der Waals surface area (Å²) in [5.41, 5.74) is -0.523. The first-order valence-corrected chi connectivity index (χ1v) is 6.75. The highest BCUT2D eigenvalue weighted by Crippen LogP contribution is 2.41. The van der Waals surface area contributed by atoms with Crippen LogP contribution < -0.4 is 0 Å². The molecule has 0 saturated carbocycles. The molecule has 1 amide bonds. The Morgan fingerprint density at radius 1 is 1.38 bits per heavy atom. The van der Waals surface area contributed by atoms with Crippen LogP contribution in [-0.4, -0.2) is 42.9 Å². The Hall–Kier alpha value is -2.08. The molecule has 2 atom stereocenters. The lowest BCUT2D eigenvalue weighted by molar-refractivity contribution is -0.158. The summed E-state index contributed by atoms with van der Waals surface area (Å²) in [6.07, 6.45) is -1.33. The number of methoxy groups -OCH3 is 1. The van der Waals surface area contributed by atoms with Crippen LogP contribution in [0.25, 0.3) is 0 Å². The molecular weight excluding hydrogens is 274 g/mol. The second-order valence-corrected chi connectivity index (χ2v) is 4.89. The first kappa shape index (κ1) is 15.3. The molecule has 0 bridgehead atoms. The highest BCUT2D eigenvalue weighted by atomic mass is 16.6. The van der Waals surface area contributed by atoms with Crippen molar-refractivity contribution in [3.8, 4) is 0 Å². The van der Waals surface area contributed by atoms with Gasteiger partial charge in [0.25, 0.3) is 0 Å². The Balaban J connectivity index is 2.43. The number of benzene rings is 1. The van der Waals surface area contributed by atoms with Crippen molar-refractivity contribution in [1.29, 1.82) is 0 Å². The van der Waals surface area contributed by atoms with Crippen LogP contribution in [0.1, 0.15) is 25.5 Å². The molecule has 1 aliphatic rings. The number of esters is 1. The van der Waals surface area contributed by atoms with Gasteiger partial charge in [0.1, 0.15) is 6.73 Å². The standard InChI is InChI=1S/C15H19NO5/c1-4-20-13(17)15(2)12(11-8-6-5-7-9-11)21-14(18)16(15)10-19-3/h5-9,12H,4,10H2,1-3H3/t12-,15-/m0/s1. The molecule has 0 radical (unpaired) electrons. The van der Waals surface area contributed by atoms with Crippen LogP contribution in [0.3, 0.4) is 0 Å². The third-order valence-corrected chi connectivity index (χ3v) is 3.56. The van der Waals surface area contributed by atoms with Gasteiger partial charge in [-0.15, -0.1) is 0 Å². The van der Waals surface area contributed by atoms with Gasteiger partial charge in [0, 0.05) is 7.11 Å². The van der Waals surface area contributed by atoms with E-state index in [0.717, 1.165) is 5.56 Å². The van der Waals surface area contributed by atoms with Crippen molar-refractivity contribution in [1.82, 2.24) is 4.90 Å². The van der Waals surface area contributed by atoms with Gasteiger partial charge >= 0.3 is 12.1 Å². The summed E-state index contributed by atoms with van der Waals surface area (Å²) in [5.74, 6) is -0.512. The maximum Gasteiger partial charge on any atom is 0.413 e. The van der Waals surface area contributed by atoms with Gasteiger partial charge in [0.05, 0.1) is 6.61 Å². The molecule has 2 rings (SSSR count). The Morgan fingerprint density at radius 2 is 2.05 bits per heavy atom. The quantitative estimate of drug-likeness (QED) is 0.778. The Bertz CT molecular complexity index is 518. The van der Waals surface area contributed by atoms with E-state index in [0.29, 0.717) is 0 Å². The number of hydrogen-bond donors (Lipinski definition) is 0. The van der Waals surface area contributed by atoms with Crippen molar-refractivity contribution in [3.05, 3.63) is 35.9 Å². The van der Waals surface area contributed by atoms with E-state index in [1.54, 1.807) is 13.8 Å². The summed E-state index contributed by atoms with van der Waals surface area (Å²) in [6, 6.07) is 9.13. The zero-order chi connectivity index (χ0) is 15.5. The van der Waals surface area contributed by atoms with Gasteiger partial charge in [0.2, 0.25) is 0 Å². The highest BCUT2D eigenvalue weighted by molar-refractivity contribution is 5.89. The first-order valence-electron chi connectivity index (χ1n) is 6.75. The van der Waals surface area contributed by atoms with Gasteiger partial charge in [-0.1, -0.05) is 30.3 Å². The molecule has 1 aromatic carbocycles. The predicted octanol–water partition coefficient (Wildman–Crippen LogP) is 2.11. The van der Waals surface area contributed by atoms with Crippen molar-refractivity contribution < 1.29 is 23.8 Å². The minimum Gasteiger partial charge on any atom is -0.464 e. The number of rotatable bonds is 5. The summed E-state index contributed by atoms with van der Waals surface area (Å²) in [7, 11) is 1.45. The summed E-state index contributed by atoms with van der Waals surface area (Å²) < 4.78 is 15.6. The number of hydrogen-bond acceptors (Lipinski definition) is 5. The summed E-state index contributed by atoms with van der Waals surface area (Å²) >= 11 is 0. The Labute approximate surface area is 123 Å². The van der Waals surface area contributed by atoms with Crippen LogP contribution in [0, 0.1) is 0 Å². The van der Waals surface area contributed by atoms with Gasteiger partial charge < -0.3 is 14.2 Å². The van der Waals surface area contributed by atoms with E-state index in [1.807, 2.05) is 30.3 Å². The van der Waals surface area contributed by atoms with Gasteiger partial charge in [-0.25, -0.2) is 9.59 Å². The van der Waals surface area contributed by atoms with Crippen LogP contribution >= 0.6 is 0 Å². The number of carbonyl (C=O) groups excluding carboxylic acids is 2. The summed E-state index contributed by atoms with van der Waals surface area (Å²) in [4.78, 5) is 25.8. The van der Waals surface area contributed by atoms with Crippen LogP contribution in [-0.2, 0) is 19.0 Å². The molecule has 1 heterocycles. The first-order chi connectivity index (χ1) is 10.1. The fraction of sp³-hybridized carbons (Fsp3) is 0.467. The van der Waals surface area contributed by atoms with Gasteiger partial charge in [-0.3, -0.25) is 4.90 Å². The Kier molecular flexibility index (Phi) is 4.47. The lowest BCUT2D eigenvalue weighted by Gasteiger charge is -2.32. The van der Waals surface area contributed by atoms with Crippen LogP contribution in [0.2, 0.25) is 0 Å². The smallest absolute Gasteiger partial charge is 0.413 e. The second kappa shape index (κ2) is 6.13. The molecule has 1 aliphatic heterocycles. The fourth-order valence-electron chi connectivity index (χ4n) is 2.44. The van der Waals surface area contributed by atoms with Crippen molar-refractivity contribution in [2.45, 2.75) is 25.5 Å². The second-order valence-electron chi connectivity index (χ2n) is 4.89. The molecule has 0 spiro atoms. The minimum absolute atomic E-state index is 0.0442. The topological polar surface area (TPSA) is 65.1 Å². The zero-order valence-electron chi connectivity index (χ0n) is 12.4. The number of carbonyl (C=O) groups is 2. The van der Waals surface area contributed by atoms with Crippen LogP contribution in [0.4, 0.5) is 4.79 Å². The molecule has 0 aromatic heterocycles. The van der Waals surface area contributed by atoms with Gasteiger partial charge in [-0.05, 0) is 19.4 Å². The Morgan fingerprint density at radius 3 is 2.62 bits per heavy atom. The summed E-state index contributed by atoms with van der Waals surface area (Å²) in [6.45, 7) is 3.53. The van der Waals surface area contributed by atoms with E-state index in [1.165, 1.54) is 12.0 Å². The lowest BCUT2D eigenvalue weighted by Crippen LogP contribution is -2.53. The van der Waals surface area contributed by atoms with Crippen LogP contribution in [0.5, 0.6) is 0 Å². The van der Waals surface area contributed by atoms with Gasteiger partial charge in [0.15, 0.2) is 11.6 Å². The van der Waals surface area contributed by atoms with Gasteiger partial charge in [-0.2, -0.15) is 0 Å².